The van der Waals surface area contributed by atoms with Gasteiger partial charge in [-0.15, -0.1) is 10.2 Å². The number of fused-ring (bicyclic) bond motifs is 1. The Morgan fingerprint density at radius 2 is 1.70 bits per heavy atom. The fourth-order valence-electron chi connectivity index (χ4n) is 3.45. The summed E-state index contributed by atoms with van der Waals surface area (Å²) in [5, 5.41) is 8.33. The molecule has 7 nitrogen and oxygen atoms in total. The Labute approximate surface area is 160 Å². The van der Waals surface area contributed by atoms with Gasteiger partial charge in [-0.25, -0.2) is 9.88 Å². The molecule has 27 heavy (non-hydrogen) atoms. The number of rotatable bonds is 3. The number of nitrogens with zero attached hydrogens (tertiary/aromatic N) is 5. The molecule has 138 valence electrons. The van der Waals surface area contributed by atoms with E-state index < -0.39 is 5.25 Å². The topological polar surface area (TPSA) is 80.5 Å². The number of aromatic nitrogens is 4. The molecule has 3 heterocycles. The van der Waals surface area contributed by atoms with Crippen LogP contribution < -0.4 is 4.90 Å². The third-order valence-corrected chi connectivity index (χ3v) is 5.61. The third kappa shape index (κ3) is 3.10. The Kier molecular flexibility index (Phi) is 4.22. The second-order valence-electron chi connectivity index (χ2n) is 6.88. The van der Waals surface area contributed by atoms with Gasteiger partial charge in [0.2, 0.25) is 11.8 Å². The third-order valence-electron chi connectivity index (χ3n) is 4.48. The van der Waals surface area contributed by atoms with Gasteiger partial charge in [-0.2, -0.15) is 0 Å². The maximum absolute atomic E-state index is 13.0. The standard InChI is InChI=1S/C19H19N5O2S/c1-10-5-11(2)7-14(6-10)24-16(25)9-15(17(24)26)27-19-22-21-18-20-12(3)8-13(4)23(18)19/h5-8,15H,9H2,1-4H3/t15-/m0/s1. The molecule has 0 N–H and O–H groups in total. The summed E-state index contributed by atoms with van der Waals surface area (Å²) in [6.07, 6.45) is 0.143. The molecule has 1 saturated heterocycles. The number of thioether (sulfide) groups is 1. The smallest absolute Gasteiger partial charge is 0.256 e. The van der Waals surface area contributed by atoms with Gasteiger partial charge in [0, 0.05) is 17.8 Å². The van der Waals surface area contributed by atoms with Crippen LogP contribution in [0.1, 0.15) is 28.9 Å². The quantitative estimate of drug-likeness (QED) is 0.649. The van der Waals surface area contributed by atoms with Crippen LogP contribution >= 0.6 is 11.8 Å². The molecule has 4 rings (SSSR count). The SMILES string of the molecule is Cc1cc(C)cc(N2C(=O)C[C@H](Sc3nnc4nc(C)cc(C)n34)C2=O)c1. The second-order valence-corrected chi connectivity index (χ2v) is 8.05. The summed E-state index contributed by atoms with van der Waals surface area (Å²) >= 11 is 1.26. The van der Waals surface area contributed by atoms with Gasteiger partial charge in [0.25, 0.3) is 5.78 Å². The number of benzene rings is 1. The number of hydrogen-bond acceptors (Lipinski definition) is 6. The van der Waals surface area contributed by atoms with Gasteiger partial charge in [-0.3, -0.25) is 14.0 Å². The zero-order valence-electron chi connectivity index (χ0n) is 15.6. The first-order valence-corrected chi connectivity index (χ1v) is 9.52. The van der Waals surface area contributed by atoms with Crippen LogP contribution in [0.4, 0.5) is 5.69 Å². The highest BCUT2D eigenvalue weighted by Gasteiger charge is 2.41. The van der Waals surface area contributed by atoms with Gasteiger partial charge in [-0.05, 0) is 57.0 Å². The summed E-state index contributed by atoms with van der Waals surface area (Å²) in [5.41, 5.74) is 4.46. The van der Waals surface area contributed by atoms with E-state index in [0.29, 0.717) is 16.6 Å². The highest BCUT2D eigenvalue weighted by molar-refractivity contribution is 8.00. The first-order valence-electron chi connectivity index (χ1n) is 8.64. The molecule has 0 unspecified atom stereocenters. The van der Waals surface area contributed by atoms with E-state index >= 15 is 0 Å². The summed E-state index contributed by atoms with van der Waals surface area (Å²) in [6, 6.07) is 7.67. The van der Waals surface area contributed by atoms with Crippen LogP contribution in [-0.2, 0) is 9.59 Å². The second kappa shape index (κ2) is 6.45. The number of carbonyl (C=O) groups excluding carboxylic acids is 2. The van der Waals surface area contributed by atoms with Crippen LogP contribution in [-0.4, -0.2) is 36.6 Å². The van der Waals surface area contributed by atoms with Gasteiger partial charge in [-0.1, -0.05) is 17.8 Å². The minimum atomic E-state index is -0.522. The Morgan fingerprint density at radius 1 is 1.00 bits per heavy atom. The fraction of sp³-hybridized carbons (Fsp3) is 0.316. The number of imide groups is 1. The van der Waals surface area contributed by atoms with Crippen LogP contribution in [0.5, 0.6) is 0 Å². The van der Waals surface area contributed by atoms with Crippen molar-refractivity contribution < 1.29 is 9.59 Å². The minimum absolute atomic E-state index is 0.143. The highest BCUT2D eigenvalue weighted by Crippen LogP contribution is 2.34. The predicted molar refractivity (Wildman–Crippen MR) is 103 cm³/mol. The molecule has 0 radical (unpaired) electrons. The molecule has 0 saturated carbocycles. The van der Waals surface area contributed by atoms with Crippen molar-refractivity contribution in [3.63, 3.8) is 0 Å². The molecule has 8 heteroatoms. The summed E-state index contributed by atoms with van der Waals surface area (Å²) < 4.78 is 1.81. The van der Waals surface area contributed by atoms with Gasteiger partial charge >= 0.3 is 0 Å². The zero-order chi connectivity index (χ0) is 19.3. The van der Waals surface area contributed by atoms with E-state index in [1.165, 1.54) is 16.7 Å². The molecule has 1 aromatic carbocycles. The molecule has 1 atom stereocenters. The molecule has 0 spiro atoms. The van der Waals surface area contributed by atoms with Crippen LogP contribution in [0.25, 0.3) is 5.78 Å². The van der Waals surface area contributed by atoms with E-state index in [9.17, 15) is 9.59 Å². The Morgan fingerprint density at radius 3 is 2.41 bits per heavy atom. The number of carbonyl (C=O) groups is 2. The van der Waals surface area contributed by atoms with Gasteiger partial charge < -0.3 is 0 Å². The summed E-state index contributed by atoms with van der Waals surface area (Å²) in [5.74, 6) is 0.0874. The maximum Gasteiger partial charge on any atom is 0.256 e. The molecule has 2 aromatic heterocycles. The first-order chi connectivity index (χ1) is 12.8. The number of amides is 2. The van der Waals surface area contributed by atoms with E-state index in [-0.39, 0.29) is 18.2 Å². The van der Waals surface area contributed by atoms with Crippen LogP contribution in [0.2, 0.25) is 0 Å². The number of hydrogen-bond donors (Lipinski definition) is 0. The number of anilines is 1. The van der Waals surface area contributed by atoms with E-state index in [0.717, 1.165) is 22.5 Å². The molecule has 1 fully saturated rings. The average Bonchev–Trinajstić information content (AvgIpc) is 3.08. The lowest BCUT2D eigenvalue weighted by Gasteiger charge is -2.16. The van der Waals surface area contributed by atoms with E-state index in [1.54, 1.807) is 0 Å². The van der Waals surface area contributed by atoms with E-state index in [2.05, 4.69) is 15.2 Å². The summed E-state index contributed by atoms with van der Waals surface area (Å²) in [4.78, 5) is 31.2. The normalized spacial score (nSPS) is 17.3. The Bertz CT molecular complexity index is 1070. The first kappa shape index (κ1) is 17.7. The lowest BCUT2D eigenvalue weighted by atomic mass is 10.1. The maximum atomic E-state index is 13.0. The van der Waals surface area contributed by atoms with E-state index in [4.69, 9.17) is 0 Å². The average molecular weight is 381 g/mol. The molecule has 3 aromatic rings. The summed E-state index contributed by atoms with van der Waals surface area (Å²) in [6.45, 7) is 7.75. The van der Waals surface area contributed by atoms with Gasteiger partial charge in [0.1, 0.15) is 5.25 Å². The number of aryl methyl sites for hydroxylation is 4. The fourth-order valence-corrected chi connectivity index (χ4v) is 4.56. The van der Waals surface area contributed by atoms with Crippen molar-refractivity contribution in [2.24, 2.45) is 0 Å². The molecular weight excluding hydrogens is 362 g/mol. The molecule has 0 bridgehead atoms. The van der Waals surface area contributed by atoms with Crippen LogP contribution in [0.15, 0.2) is 29.4 Å². The van der Waals surface area contributed by atoms with Gasteiger partial charge in [0.05, 0.1) is 5.69 Å². The molecule has 1 aliphatic rings. The highest BCUT2D eigenvalue weighted by atomic mass is 32.2. The lowest BCUT2D eigenvalue weighted by molar-refractivity contribution is -0.121. The summed E-state index contributed by atoms with van der Waals surface area (Å²) in [7, 11) is 0. The van der Waals surface area contributed by atoms with Crippen molar-refractivity contribution in [2.75, 3.05) is 4.90 Å². The van der Waals surface area contributed by atoms with Crippen molar-refractivity contribution in [3.8, 4) is 0 Å². The van der Waals surface area contributed by atoms with Crippen molar-refractivity contribution in [1.29, 1.82) is 0 Å². The molecule has 0 aliphatic carbocycles. The monoisotopic (exact) mass is 381 g/mol. The predicted octanol–water partition coefficient (Wildman–Crippen LogP) is 2.78. The van der Waals surface area contributed by atoms with Crippen molar-refractivity contribution in [1.82, 2.24) is 19.6 Å². The van der Waals surface area contributed by atoms with Crippen LogP contribution in [0, 0.1) is 27.7 Å². The van der Waals surface area contributed by atoms with Crippen molar-refractivity contribution in [2.45, 2.75) is 44.5 Å². The largest absolute Gasteiger partial charge is 0.274 e. The molecular formula is C19H19N5O2S. The minimum Gasteiger partial charge on any atom is -0.274 e. The van der Waals surface area contributed by atoms with E-state index in [1.807, 2.05) is 56.4 Å². The van der Waals surface area contributed by atoms with Crippen LogP contribution in [0.3, 0.4) is 0 Å². The zero-order valence-corrected chi connectivity index (χ0v) is 16.4. The molecule has 1 aliphatic heterocycles. The van der Waals surface area contributed by atoms with Gasteiger partial charge in [0.15, 0.2) is 5.16 Å². The molecule has 2 amide bonds. The lowest BCUT2D eigenvalue weighted by Crippen LogP contribution is -2.31. The van der Waals surface area contributed by atoms with Crippen molar-refractivity contribution in [3.05, 3.63) is 46.8 Å². The Balaban J connectivity index is 1.65. The van der Waals surface area contributed by atoms with Crippen molar-refractivity contribution >= 4 is 35.0 Å². The Hall–Kier alpha value is -2.74.